The first-order valence-electron chi connectivity index (χ1n) is 9.19. The molecule has 1 atom stereocenters. The SMILES string of the molecule is Cc1c(Cl)cccc1N1C(=O)c2ccccc2C1(O)c1ccc2c(c1)n[c]n2C. The molecule has 5 nitrogen and oxygen atoms in total. The molecule has 1 amide bonds. The third kappa shape index (κ3) is 2.38. The van der Waals surface area contributed by atoms with Crippen molar-refractivity contribution >= 4 is 34.2 Å². The van der Waals surface area contributed by atoms with Crippen molar-refractivity contribution in [3.8, 4) is 0 Å². The van der Waals surface area contributed by atoms with Gasteiger partial charge in [-0.15, -0.1) is 0 Å². The molecule has 6 heteroatoms. The van der Waals surface area contributed by atoms with E-state index in [0.717, 1.165) is 11.1 Å². The van der Waals surface area contributed by atoms with Crippen molar-refractivity contribution in [3.63, 3.8) is 0 Å². The second kappa shape index (κ2) is 6.17. The number of halogens is 1. The Labute approximate surface area is 172 Å². The zero-order valence-electron chi connectivity index (χ0n) is 15.8. The number of rotatable bonds is 2. The fourth-order valence-electron chi connectivity index (χ4n) is 4.06. The van der Waals surface area contributed by atoms with Gasteiger partial charge >= 0.3 is 0 Å². The van der Waals surface area contributed by atoms with E-state index in [0.29, 0.717) is 32.9 Å². The predicted octanol–water partition coefficient (Wildman–Crippen LogP) is 4.19. The molecule has 0 spiro atoms. The minimum absolute atomic E-state index is 0.277. The van der Waals surface area contributed by atoms with Gasteiger partial charge in [0.1, 0.15) is 0 Å². The van der Waals surface area contributed by atoms with Gasteiger partial charge in [0.05, 0.1) is 16.7 Å². The van der Waals surface area contributed by atoms with Crippen LogP contribution >= 0.6 is 11.6 Å². The summed E-state index contributed by atoms with van der Waals surface area (Å²) in [6.45, 7) is 1.84. The van der Waals surface area contributed by atoms with Crippen LogP contribution in [0.1, 0.15) is 27.0 Å². The molecule has 1 radical (unpaired) electrons. The monoisotopic (exact) mass is 402 g/mol. The summed E-state index contributed by atoms with van der Waals surface area (Å²) in [6.07, 6.45) is 2.88. The van der Waals surface area contributed by atoms with Crippen molar-refractivity contribution in [2.45, 2.75) is 12.6 Å². The molecule has 1 unspecified atom stereocenters. The number of aliphatic hydroxyl groups is 1. The molecule has 0 aliphatic carbocycles. The first-order valence-corrected chi connectivity index (χ1v) is 9.57. The van der Waals surface area contributed by atoms with Gasteiger partial charge in [0.25, 0.3) is 5.91 Å². The molecule has 0 fully saturated rings. The number of carbonyl (C=O) groups is 1. The summed E-state index contributed by atoms with van der Waals surface area (Å²) in [6, 6.07) is 18.0. The molecule has 29 heavy (non-hydrogen) atoms. The van der Waals surface area contributed by atoms with Crippen LogP contribution in [0.15, 0.2) is 60.7 Å². The van der Waals surface area contributed by atoms with Gasteiger partial charge in [-0.2, -0.15) is 0 Å². The van der Waals surface area contributed by atoms with Crippen LogP contribution in [0.5, 0.6) is 0 Å². The number of hydrogen-bond donors (Lipinski definition) is 1. The van der Waals surface area contributed by atoms with Crippen LogP contribution in [0.4, 0.5) is 5.69 Å². The number of hydrogen-bond acceptors (Lipinski definition) is 3. The predicted molar refractivity (Wildman–Crippen MR) is 112 cm³/mol. The van der Waals surface area contributed by atoms with Crippen molar-refractivity contribution in [2.75, 3.05) is 4.90 Å². The Morgan fingerprint density at radius 1 is 1.10 bits per heavy atom. The summed E-state index contributed by atoms with van der Waals surface area (Å²) < 4.78 is 1.79. The first-order chi connectivity index (χ1) is 13.9. The molecule has 0 saturated heterocycles. The van der Waals surface area contributed by atoms with Crippen LogP contribution in [0.2, 0.25) is 5.02 Å². The summed E-state index contributed by atoms with van der Waals surface area (Å²) in [7, 11) is 1.86. The number of amides is 1. The van der Waals surface area contributed by atoms with Gasteiger partial charge < -0.3 is 9.67 Å². The quantitative estimate of drug-likeness (QED) is 0.547. The zero-order valence-corrected chi connectivity index (χ0v) is 16.6. The average Bonchev–Trinajstić information content (AvgIpc) is 3.21. The van der Waals surface area contributed by atoms with E-state index >= 15 is 0 Å². The van der Waals surface area contributed by atoms with E-state index in [-0.39, 0.29) is 5.91 Å². The van der Waals surface area contributed by atoms with Gasteiger partial charge in [-0.3, -0.25) is 9.69 Å². The molecule has 0 bridgehead atoms. The number of aryl methyl sites for hydroxylation is 1. The van der Waals surface area contributed by atoms with E-state index in [2.05, 4.69) is 11.3 Å². The van der Waals surface area contributed by atoms with Gasteiger partial charge in [0.2, 0.25) is 0 Å². The molecule has 2 heterocycles. The summed E-state index contributed by atoms with van der Waals surface area (Å²) in [4.78, 5) is 19.1. The summed E-state index contributed by atoms with van der Waals surface area (Å²) in [5, 5.41) is 12.6. The molecule has 3 aromatic carbocycles. The summed E-state index contributed by atoms with van der Waals surface area (Å²) in [5.41, 5.74) is 2.73. The maximum atomic E-state index is 13.4. The van der Waals surface area contributed by atoms with E-state index in [4.69, 9.17) is 11.6 Å². The van der Waals surface area contributed by atoms with E-state index in [1.54, 1.807) is 47.0 Å². The van der Waals surface area contributed by atoms with E-state index in [1.165, 1.54) is 4.90 Å². The highest BCUT2D eigenvalue weighted by Crippen LogP contribution is 2.46. The number of imidazole rings is 1. The molecular formula is C23H17ClN3O2. The van der Waals surface area contributed by atoms with Crippen LogP contribution < -0.4 is 4.90 Å². The Bertz CT molecular complexity index is 1300. The molecule has 143 valence electrons. The first kappa shape index (κ1) is 17.9. The lowest BCUT2D eigenvalue weighted by atomic mass is 9.93. The summed E-state index contributed by atoms with van der Waals surface area (Å²) in [5.74, 6) is -0.277. The van der Waals surface area contributed by atoms with Gasteiger partial charge in [-0.1, -0.05) is 41.9 Å². The maximum absolute atomic E-state index is 13.4. The number of nitrogens with zero attached hydrogens (tertiary/aromatic N) is 3. The topological polar surface area (TPSA) is 58.4 Å². The number of benzene rings is 3. The smallest absolute Gasteiger partial charge is 0.261 e. The highest BCUT2D eigenvalue weighted by molar-refractivity contribution is 6.32. The van der Waals surface area contributed by atoms with Crippen LogP contribution in [-0.2, 0) is 12.8 Å². The Morgan fingerprint density at radius 3 is 2.72 bits per heavy atom. The largest absolute Gasteiger partial charge is 0.363 e. The Balaban J connectivity index is 1.81. The van der Waals surface area contributed by atoms with Crippen molar-refractivity contribution in [2.24, 2.45) is 7.05 Å². The molecule has 5 rings (SSSR count). The second-order valence-corrected chi connectivity index (χ2v) is 7.62. The van der Waals surface area contributed by atoms with Crippen molar-refractivity contribution in [1.29, 1.82) is 0 Å². The lowest BCUT2D eigenvalue weighted by molar-refractivity contribution is 0.0703. The van der Waals surface area contributed by atoms with Crippen LogP contribution in [0, 0.1) is 13.3 Å². The Hall–Kier alpha value is -3.15. The highest BCUT2D eigenvalue weighted by Gasteiger charge is 2.51. The lowest BCUT2D eigenvalue weighted by Gasteiger charge is -2.35. The highest BCUT2D eigenvalue weighted by atomic mass is 35.5. The average molecular weight is 403 g/mol. The van der Waals surface area contributed by atoms with Crippen molar-refractivity contribution in [3.05, 3.63) is 94.3 Å². The standard InChI is InChI=1S/C23H17ClN3O2/c1-14-18(24)8-5-9-20(14)27-22(28)16-6-3-4-7-17(16)23(27,29)15-10-11-21-19(12-15)25-13-26(21)2/h3-12,29H,1-2H3. The number of anilines is 1. The van der Waals surface area contributed by atoms with E-state index in [9.17, 15) is 9.90 Å². The summed E-state index contributed by atoms with van der Waals surface area (Å²) >= 11 is 6.33. The number of aromatic nitrogens is 2. The molecule has 1 aliphatic heterocycles. The molecule has 1 N–H and O–H groups in total. The van der Waals surface area contributed by atoms with Gasteiger partial charge in [-0.25, -0.2) is 4.98 Å². The Kier molecular flexibility index (Phi) is 3.81. The maximum Gasteiger partial charge on any atom is 0.261 e. The minimum atomic E-state index is -1.69. The Morgan fingerprint density at radius 2 is 1.90 bits per heavy atom. The van der Waals surface area contributed by atoms with Gasteiger partial charge in [0.15, 0.2) is 12.1 Å². The van der Waals surface area contributed by atoms with Crippen LogP contribution in [0.3, 0.4) is 0 Å². The minimum Gasteiger partial charge on any atom is -0.363 e. The van der Waals surface area contributed by atoms with E-state index in [1.807, 2.05) is 32.2 Å². The number of fused-ring (bicyclic) bond motifs is 2. The molecule has 1 aromatic heterocycles. The normalized spacial score (nSPS) is 18.5. The second-order valence-electron chi connectivity index (χ2n) is 7.22. The van der Waals surface area contributed by atoms with Gasteiger partial charge in [0, 0.05) is 28.8 Å². The molecular weight excluding hydrogens is 386 g/mol. The van der Waals surface area contributed by atoms with Gasteiger partial charge in [-0.05, 0) is 42.8 Å². The molecule has 1 aliphatic rings. The van der Waals surface area contributed by atoms with Crippen molar-refractivity contribution < 1.29 is 9.90 Å². The van der Waals surface area contributed by atoms with Crippen LogP contribution in [-0.4, -0.2) is 20.6 Å². The van der Waals surface area contributed by atoms with E-state index < -0.39 is 5.72 Å². The molecule has 0 saturated carbocycles. The fourth-order valence-corrected chi connectivity index (χ4v) is 4.23. The zero-order chi connectivity index (χ0) is 20.3. The number of carbonyl (C=O) groups excluding carboxylic acids is 1. The van der Waals surface area contributed by atoms with Crippen LogP contribution in [0.25, 0.3) is 11.0 Å². The third-order valence-corrected chi connectivity index (χ3v) is 6.01. The van der Waals surface area contributed by atoms with Crippen molar-refractivity contribution in [1.82, 2.24) is 9.55 Å². The third-order valence-electron chi connectivity index (χ3n) is 5.60. The lowest BCUT2D eigenvalue weighted by Crippen LogP contribution is -2.45. The fraction of sp³-hybridized carbons (Fsp3) is 0.130. The molecule has 4 aromatic rings.